The van der Waals surface area contributed by atoms with Crippen LogP contribution in [0.5, 0.6) is 0 Å². The van der Waals surface area contributed by atoms with E-state index in [0.717, 1.165) is 12.5 Å². The summed E-state index contributed by atoms with van der Waals surface area (Å²) < 4.78 is 0. The van der Waals surface area contributed by atoms with E-state index in [0.29, 0.717) is 6.04 Å². The summed E-state index contributed by atoms with van der Waals surface area (Å²) in [5.41, 5.74) is 0. The molecule has 1 aliphatic rings. The Hall–Kier alpha value is -0.300. The van der Waals surface area contributed by atoms with Gasteiger partial charge in [-0.25, -0.2) is 0 Å². The third kappa shape index (κ3) is 4.28. The van der Waals surface area contributed by atoms with Gasteiger partial charge in [0.05, 0.1) is 0 Å². The van der Waals surface area contributed by atoms with Crippen LogP contribution >= 0.6 is 0 Å². The van der Waals surface area contributed by atoms with Gasteiger partial charge < -0.3 is 5.32 Å². The molecule has 0 spiro atoms. The summed E-state index contributed by atoms with van der Waals surface area (Å²) in [5.74, 6) is 1.00. The number of hydrogen-bond donors (Lipinski definition) is 1. The van der Waals surface area contributed by atoms with Crippen molar-refractivity contribution in [3.8, 4) is 0 Å². The molecular weight excluding hydrogens is 170 g/mol. The second-order valence-corrected chi connectivity index (χ2v) is 4.48. The summed E-state index contributed by atoms with van der Waals surface area (Å²) in [6.07, 6.45) is 12.1. The summed E-state index contributed by atoms with van der Waals surface area (Å²) >= 11 is 0. The Balaban J connectivity index is 2.13. The second-order valence-electron chi connectivity index (χ2n) is 4.48. The summed E-state index contributed by atoms with van der Waals surface area (Å²) in [5, 5.41) is 3.45. The van der Waals surface area contributed by atoms with Crippen LogP contribution in [0.15, 0.2) is 12.7 Å². The molecule has 0 radical (unpaired) electrons. The van der Waals surface area contributed by atoms with Crippen LogP contribution in [0, 0.1) is 5.92 Å². The predicted molar refractivity (Wildman–Crippen MR) is 63.5 cm³/mol. The molecule has 14 heavy (non-hydrogen) atoms. The molecule has 82 valence electrons. The van der Waals surface area contributed by atoms with Crippen molar-refractivity contribution in [2.75, 3.05) is 6.54 Å². The summed E-state index contributed by atoms with van der Waals surface area (Å²) in [4.78, 5) is 0. The molecule has 0 bridgehead atoms. The van der Waals surface area contributed by atoms with Gasteiger partial charge in [-0.15, -0.1) is 6.58 Å². The minimum atomic E-state index is 0.543. The van der Waals surface area contributed by atoms with E-state index < -0.39 is 0 Å². The van der Waals surface area contributed by atoms with E-state index in [-0.39, 0.29) is 0 Å². The molecule has 1 rings (SSSR count). The van der Waals surface area contributed by atoms with Gasteiger partial charge in [-0.2, -0.15) is 0 Å². The molecule has 0 saturated heterocycles. The predicted octanol–water partition coefficient (Wildman–Crippen LogP) is 3.51. The highest BCUT2D eigenvalue weighted by Gasteiger charge is 2.14. The SMILES string of the molecule is C=CC(CCC1CCCCC1)NCC. The lowest BCUT2D eigenvalue weighted by molar-refractivity contribution is 0.323. The molecule has 1 atom stereocenters. The van der Waals surface area contributed by atoms with Gasteiger partial charge in [0, 0.05) is 6.04 Å². The Bertz CT molecular complexity index is 147. The first-order chi connectivity index (χ1) is 6.86. The zero-order valence-corrected chi connectivity index (χ0v) is 9.60. The topological polar surface area (TPSA) is 12.0 Å². The Labute approximate surface area is 89.0 Å². The van der Waals surface area contributed by atoms with Gasteiger partial charge in [0.2, 0.25) is 0 Å². The second kappa shape index (κ2) is 7.05. The molecule has 1 saturated carbocycles. The van der Waals surface area contributed by atoms with Crippen LogP contribution in [0.25, 0.3) is 0 Å². The fourth-order valence-electron chi connectivity index (χ4n) is 2.46. The van der Waals surface area contributed by atoms with Crippen molar-refractivity contribution in [1.29, 1.82) is 0 Å². The zero-order chi connectivity index (χ0) is 10.2. The molecule has 1 heteroatoms. The molecule has 1 N–H and O–H groups in total. The van der Waals surface area contributed by atoms with Gasteiger partial charge in [0.1, 0.15) is 0 Å². The van der Waals surface area contributed by atoms with Gasteiger partial charge in [-0.05, 0) is 25.3 Å². The first-order valence-electron chi connectivity index (χ1n) is 6.22. The van der Waals surface area contributed by atoms with Crippen molar-refractivity contribution in [3.05, 3.63) is 12.7 Å². The Morgan fingerprint density at radius 2 is 2.07 bits per heavy atom. The summed E-state index contributed by atoms with van der Waals surface area (Å²) in [6.45, 7) is 7.10. The van der Waals surface area contributed by atoms with Crippen molar-refractivity contribution in [2.24, 2.45) is 5.92 Å². The lowest BCUT2D eigenvalue weighted by Crippen LogP contribution is -2.27. The number of rotatable bonds is 6. The van der Waals surface area contributed by atoms with Gasteiger partial charge in [0.15, 0.2) is 0 Å². The molecule has 0 aromatic rings. The van der Waals surface area contributed by atoms with E-state index in [9.17, 15) is 0 Å². The largest absolute Gasteiger partial charge is 0.311 e. The number of nitrogens with one attached hydrogen (secondary N) is 1. The van der Waals surface area contributed by atoms with Crippen molar-refractivity contribution in [1.82, 2.24) is 5.32 Å². The number of hydrogen-bond acceptors (Lipinski definition) is 1. The average Bonchev–Trinajstić information content (AvgIpc) is 2.25. The Kier molecular flexibility index (Phi) is 5.93. The van der Waals surface area contributed by atoms with E-state index in [2.05, 4.69) is 24.9 Å². The minimum Gasteiger partial charge on any atom is -0.311 e. The average molecular weight is 195 g/mol. The zero-order valence-electron chi connectivity index (χ0n) is 9.60. The van der Waals surface area contributed by atoms with Crippen LogP contribution < -0.4 is 5.32 Å². The third-order valence-corrected chi connectivity index (χ3v) is 3.36. The van der Waals surface area contributed by atoms with Crippen LogP contribution in [0.2, 0.25) is 0 Å². The van der Waals surface area contributed by atoms with E-state index in [1.165, 1.54) is 44.9 Å². The fourth-order valence-corrected chi connectivity index (χ4v) is 2.46. The van der Waals surface area contributed by atoms with Crippen molar-refractivity contribution in [2.45, 2.75) is 57.9 Å². The molecule has 1 fully saturated rings. The van der Waals surface area contributed by atoms with Gasteiger partial charge in [0.25, 0.3) is 0 Å². The molecule has 0 amide bonds. The van der Waals surface area contributed by atoms with E-state index in [1.807, 2.05) is 0 Å². The lowest BCUT2D eigenvalue weighted by Gasteiger charge is -2.23. The maximum Gasteiger partial charge on any atom is 0.0247 e. The lowest BCUT2D eigenvalue weighted by atomic mass is 9.85. The summed E-state index contributed by atoms with van der Waals surface area (Å²) in [7, 11) is 0. The highest BCUT2D eigenvalue weighted by atomic mass is 14.9. The normalized spacial score (nSPS) is 20.6. The van der Waals surface area contributed by atoms with E-state index in [4.69, 9.17) is 0 Å². The Morgan fingerprint density at radius 3 is 2.64 bits per heavy atom. The highest BCUT2D eigenvalue weighted by Crippen LogP contribution is 2.27. The molecule has 1 aliphatic carbocycles. The van der Waals surface area contributed by atoms with E-state index >= 15 is 0 Å². The number of likely N-dealkylation sites (N-methyl/N-ethyl adjacent to an activating group) is 1. The van der Waals surface area contributed by atoms with Crippen LogP contribution in [-0.2, 0) is 0 Å². The molecule has 0 aromatic carbocycles. The first-order valence-corrected chi connectivity index (χ1v) is 6.22. The van der Waals surface area contributed by atoms with E-state index in [1.54, 1.807) is 0 Å². The van der Waals surface area contributed by atoms with Crippen LogP contribution in [0.3, 0.4) is 0 Å². The maximum absolute atomic E-state index is 3.88. The Morgan fingerprint density at radius 1 is 1.36 bits per heavy atom. The highest BCUT2D eigenvalue weighted by molar-refractivity contribution is 4.85. The fraction of sp³-hybridized carbons (Fsp3) is 0.846. The molecule has 0 aliphatic heterocycles. The standard InChI is InChI=1S/C13H25N/c1-3-13(14-4-2)11-10-12-8-6-5-7-9-12/h3,12-14H,1,4-11H2,2H3. The van der Waals surface area contributed by atoms with Gasteiger partial charge >= 0.3 is 0 Å². The monoisotopic (exact) mass is 195 g/mol. The molecule has 0 aromatic heterocycles. The van der Waals surface area contributed by atoms with Crippen molar-refractivity contribution in [3.63, 3.8) is 0 Å². The smallest absolute Gasteiger partial charge is 0.0247 e. The molecular formula is C13H25N. The van der Waals surface area contributed by atoms with Crippen molar-refractivity contribution < 1.29 is 0 Å². The minimum absolute atomic E-state index is 0.543. The van der Waals surface area contributed by atoms with Crippen molar-refractivity contribution >= 4 is 0 Å². The maximum atomic E-state index is 3.88. The van der Waals surface area contributed by atoms with Crippen LogP contribution in [0.1, 0.15) is 51.9 Å². The molecule has 1 nitrogen and oxygen atoms in total. The molecule has 1 unspecified atom stereocenters. The van der Waals surface area contributed by atoms with Gasteiger partial charge in [-0.1, -0.05) is 45.1 Å². The molecule has 0 heterocycles. The van der Waals surface area contributed by atoms with Gasteiger partial charge in [-0.3, -0.25) is 0 Å². The van der Waals surface area contributed by atoms with Crippen LogP contribution in [-0.4, -0.2) is 12.6 Å². The third-order valence-electron chi connectivity index (χ3n) is 3.36. The first kappa shape index (κ1) is 11.8. The summed E-state index contributed by atoms with van der Waals surface area (Å²) in [6, 6.07) is 0.543. The van der Waals surface area contributed by atoms with Crippen LogP contribution in [0.4, 0.5) is 0 Å². The quantitative estimate of drug-likeness (QED) is 0.640.